The largest absolute Gasteiger partial charge is 0.457 e. The second kappa shape index (κ2) is 6.98. The maximum Gasteiger partial charge on any atom is 0.216 e. The molecule has 4 nitrogen and oxygen atoms in total. The fourth-order valence-electron chi connectivity index (χ4n) is 2.23. The highest BCUT2D eigenvalue weighted by Crippen LogP contribution is 2.26. The molecule has 2 aromatic carbocycles. The molecule has 0 fully saturated rings. The molecule has 0 spiro atoms. The van der Waals surface area contributed by atoms with Crippen LogP contribution in [0.3, 0.4) is 0 Å². The molecule has 0 aliphatic rings. The molecule has 0 saturated heterocycles. The van der Waals surface area contributed by atoms with Gasteiger partial charge in [-0.25, -0.2) is 8.42 Å². The van der Waals surface area contributed by atoms with Crippen LogP contribution >= 0.6 is 11.6 Å². The van der Waals surface area contributed by atoms with Crippen LogP contribution < -0.4 is 0 Å². The van der Waals surface area contributed by atoms with Crippen LogP contribution in [0.5, 0.6) is 0 Å². The minimum Gasteiger partial charge on any atom is -0.457 e. The molecule has 0 amide bonds. The molecule has 0 unspecified atom stereocenters. The van der Waals surface area contributed by atoms with Gasteiger partial charge in [0.2, 0.25) is 9.84 Å². The summed E-state index contributed by atoms with van der Waals surface area (Å²) in [7, 11) is -3.89. The Morgan fingerprint density at radius 2 is 1.68 bits per heavy atom. The lowest BCUT2D eigenvalue weighted by atomic mass is 10.2. The molecule has 0 radical (unpaired) electrons. The van der Waals surface area contributed by atoms with Gasteiger partial charge in [-0.1, -0.05) is 29.8 Å². The highest BCUT2D eigenvalue weighted by molar-refractivity contribution is 7.95. The standard InChI is InChI=1S/C19H12ClNO3S/c20-15-8-6-14(7-9-15)19-11-10-16(24-19)12-18(13-21)25(22,23)17-4-2-1-3-5-17/h1-12H/b18-12+. The van der Waals surface area contributed by atoms with Crippen LogP contribution in [-0.2, 0) is 9.84 Å². The number of rotatable bonds is 4. The second-order valence-corrected chi connectivity index (χ2v) is 7.50. The van der Waals surface area contributed by atoms with Gasteiger partial charge in [0.25, 0.3) is 0 Å². The third-order valence-electron chi connectivity index (χ3n) is 3.48. The summed E-state index contributed by atoms with van der Waals surface area (Å²) in [5, 5.41) is 9.89. The Bertz CT molecular complexity index is 1060. The molecule has 0 aliphatic heterocycles. The molecule has 6 heteroatoms. The summed E-state index contributed by atoms with van der Waals surface area (Å²) in [6, 6.07) is 19.9. The summed E-state index contributed by atoms with van der Waals surface area (Å²) in [5.74, 6) is 0.832. The molecule has 25 heavy (non-hydrogen) atoms. The number of halogens is 1. The minimum absolute atomic E-state index is 0.0623. The highest BCUT2D eigenvalue weighted by atomic mass is 35.5. The van der Waals surface area contributed by atoms with Gasteiger partial charge in [-0.3, -0.25) is 0 Å². The van der Waals surface area contributed by atoms with Gasteiger partial charge in [0.15, 0.2) is 4.91 Å². The summed E-state index contributed by atoms with van der Waals surface area (Å²) in [4.78, 5) is -0.317. The van der Waals surface area contributed by atoms with Crippen LogP contribution in [0.15, 0.2) is 80.9 Å². The second-order valence-electron chi connectivity index (χ2n) is 5.15. The monoisotopic (exact) mass is 369 g/mol. The quantitative estimate of drug-likeness (QED) is 0.611. The molecular formula is C19H12ClNO3S. The van der Waals surface area contributed by atoms with Crippen molar-refractivity contribution in [1.29, 1.82) is 5.26 Å². The number of nitrogens with zero attached hydrogens (tertiary/aromatic N) is 1. The third-order valence-corrected chi connectivity index (χ3v) is 5.42. The van der Waals surface area contributed by atoms with Crippen molar-refractivity contribution >= 4 is 27.5 Å². The van der Waals surface area contributed by atoms with Crippen molar-refractivity contribution in [2.24, 2.45) is 0 Å². The van der Waals surface area contributed by atoms with Crippen LogP contribution in [0.25, 0.3) is 17.4 Å². The van der Waals surface area contributed by atoms with E-state index in [1.54, 1.807) is 60.7 Å². The zero-order valence-corrected chi connectivity index (χ0v) is 14.5. The molecule has 1 aromatic heterocycles. The third kappa shape index (κ3) is 3.66. The Balaban J connectivity index is 1.97. The van der Waals surface area contributed by atoms with Crippen molar-refractivity contribution in [3.05, 3.63) is 82.4 Å². The van der Waals surface area contributed by atoms with Crippen LogP contribution in [0, 0.1) is 11.3 Å². The molecule has 0 aliphatic carbocycles. The molecule has 3 aromatic rings. The first-order valence-electron chi connectivity index (χ1n) is 7.28. The molecule has 124 valence electrons. The van der Waals surface area contributed by atoms with Crippen molar-refractivity contribution in [3.63, 3.8) is 0 Å². The first-order valence-corrected chi connectivity index (χ1v) is 9.14. The summed E-state index contributed by atoms with van der Waals surface area (Å²) in [6.45, 7) is 0. The van der Waals surface area contributed by atoms with Crippen molar-refractivity contribution in [1.82, 2.24) is 0 Å². The van der Waals surface area contributed by atoms with E-state index in [2.05, 4.69) is 0 Å². The first kappa shape index (κ1) is 17.0. The van der Waals surface area contributed by atoms with Gasteiger partial charge in [0.05, 0.1) is 4.90 Å². The molecule has 3 rings (SSSR count). The number of furan rings is 1. The molecule has 0 bridgehead atoms. The Kier molecular flexibility index (Phi) is 4.75. The first-order chi connectivity index (χ1) is 12.0. The number of benzene rings is 2. The molecule has 0 atom stereocenters. The Labute approximate surface area is 150 Å². The van der Waals surface area contributed by atoms with E-state index >= 15 is 0 Å². The number of allylic oxidation sites excluding steroid dienone is 1. The Morgan fingerprint density at radius 1 is 1.00 bits per heavy atom. The van der Waals surface area contributed by atoms with Crippen molar-refractivity contribution in [3.8, 4) is 17.4 Å². The smallest absolute Gasteiger partial charge is 0.216 e. The molecule has 0 saturated carbocycles. The maximum absolute atomic E-state index is 12.5. The predicted molar refractivity (Wildman–Crippen MR) is 96.4 cm³/mol. The van der Waals surface area contributed by atoms with Gasteiger partial charge in [0, 0.05) is 16.7 Å². The van der Waals surface area contributed by atoms with Gasteiger partial charge in [-0.05, 0) is 48.5 Å². The average molecular weight is 370 g/mol. The van der Waals surface area contributed by atoms with Crippen LogP contribution in [0.4, 0.5) is 0 Å². The minimum atomic E-state index is -3.89. The highest BCUT2D eigenvalue weighted by Gasteiger charge is 2.21. The van der Waals surface area contributed by atoms with E-state index in [0.717, 1.165) is 5.56 Å². The lowest BCUT2D eigenvalue weighted by molar-refractivity contribution is 0.571. The van der Waals surface area contributed by atoms with Gasteiger partial charge in [-0.15, -0.1) is 0 Å². The van der Waals surface area contributed by atoms with Gasteiger partial charge < -0.3 is 4.42 Å². The van der Waals surface area contributed by atoms with E-state index in [9.17, 15) is 13.7 Å². The van der Waals surface area contributed by atoms with E-state index in [1.807, 2.05) is 0 Å². The lowest BCUT2D eigenvalue weighted by Gasteiger charge is -2.01. The summed E-state index contributed by atoms with van der Waals surface area (Å²) in [5.41, 5.74) is 0.800. The molecule has 0 N–H and O–H groups in total. The fourth-order valence-corrected chi connectivity index (χ4v) is 3.51. The predicted octanol–water partition coefficient (Wildman–Crippen LogP) is 4.94. The summed E-state index contributed by atoms with van der Waals surface area (Å²) >= 11 is 5.86. The van der Waals surface area contributed by atoms with E-state index in [0.29, 0.717) is 10.8 Å². The normalized spacial score (nSPS) is 11.9. The van der Waals surface area contributed by atoms with Crippen LogP contribution in [-0.4, -0.2) is 8.42 Å². The van der Waals surface area contributed by atoms with Crippen LogP contribution in [0.2, 0.25) is 5.02 Å². The number of hydrogen-bond acceptors (Lipinski definition) is 4. The maximum atomic E-state index is 12.5. The van der Waals surface area contributed by atoms with E-state index in [-0.39, 0.29) is 15.6 Å². The zero-order chi connectivity index (χ0) is 17.9. The average Bonchev–Trinajstić information content (AvgIpc) is 3.09. The fraction of sp³-hybridized carbons (Fsp3) is 0. The molecule has 1 heterocycles. The van der Waals surface area contributed by atoms with Crippen molar-refractivity contribution < 1.29 is 12.8 Å². The van der Waals surface area contributed by atoms with Gasteiger partial charge in [0.1, 0.15) is 17.6 Å². The van der Waals surface area contributed by atoms with Crippen molar-refractivity contribution in [2.75, 3.05) is 0 Å². The number of nitriles is 1. The number of hydrogen-bond donors (Lipinski definition) is 0. The summed E-state index contributed by atoms with van der Waals surface area (Å²) in [6.07, 6.45) is 1.22. The van der Waals surface area contributed by atoms with E-state index < -0.39 is 9.84 Å². The van der Waals surface area contributed by atoms with E-state index in [1.165, 1.54) is 18.2 Å². The topological polar surface area (TPSA) is 71.1 Å². The molecular weight excluding hydrogens is 358 g/mol. The van der Waals surface area contributed by atoms with E-state index in [4.69, 9.17) is 16.0 Å². The zero-order valence-electron chi connectivity index (χ0n) is 12.9. The summed E-state index contributed by atoms with van der Waals surface area (Å²) < 4.78 is 30.7. The van der Waals surface area contributed by atoms with Crippen molar-refractivity contribution in [2.45, 2.75) is 4.90 Å². The van der Waals surface area contributed by atoms with Gasteiger partial charge in [-0.2, -0.15) is 5.26 Å². The Hall–Kier alpha value is -2.81. The lowest BCUT2D eigenvalue weighted by Crippen LogP contribution is -2.03. The Morgan fingerprint density at radius 3 is 2.32 bits per heavy atom. The van der Waals surface area contributed by atoms with Gasteiger partial charge >= 0.3 is 0 Å². The number of sulfone groups is 1. The van der Waals surface area contributed by atoms with Crippen LogP contribution in [0.1, 0.15) is 5.76 Å². The SMILES string of the molecule is N#C/C(=C\c1ccc(-c2ccc(Cl)cc2)o1)S(=O)(=O)c1ccccc1.